The lowest BCUT2D eigenvalue weighted by Gasteiger charge is -2.11. The molecule has 2 rings (SSSR count). The molecule has 0 amide bonds. The maximum atomic E-state index is 10.9. The van der Waals surface area contributed by atoms with Gasteiger partial charge in [0.1, 0.15) is 11.4 Å². The number of benzene rings is 1. The highest BCUT2D eigenvalue weighted by Gasteiger charge is 2.12. The average Bonchev–Trinajstić information content (AvgIpc) is 2.87. The number of carboxylic acids is 1. The molecule has 1 heterocycles. The summed E-state index contributed by atoms with van der Waals surface area (Å²) in [5, 5.41) is 8.93. The number of methoxy groups -OCH3 is 1. The predicted molar refractivity (Wildman–Crippen MR) is 73.8 cm³/mol. The van der Waals surface area contributed by atoms with Crippen molar-refractivity contribution in [2.24, 2.45) is 0 Å². The second-order valence-corrected chi connectivity index (χ2v) is 4.71. The summed E-state index contributed by atoms with van der Waals surface area (Å²) in [6.45, 7) is 4.23. The molecular formula is C15H17NO3. The quantitative estimate of drug-likeness (QED) is 0.883. The lowest BCUT2D eigenvalue weighted by molar-refractivity contribution is 0.0691. The molecule has 0 aliphatic carbocycles. The number of ether oxygens (including phenoxy) is 1. The van der Waals surface area contributed by atoms with Crippen molar-refractivity contribution in [2.75, 3.05) is 7.11 Å². The second-order valence-electron chi connectivity index (χ2n) is 4.71. The Labute approximate surface area is 112 Å². The molecule has 2 aromatic rings. The number of carboxylic acid groups (broad SMARTS) is 1. The fourth-order valence-electron chi connectivity index (χ4n) is 1.97. The molecule has 0 radical (unpaired) electrons. The molecule has 19 heavy (non-hydrogen) atoms. The molecule has 0 spiro atoms. The topological polar surface area (TPSA) is 62.3 Å². The van der Waals surface area contributed by atoms with Crippen LogP contribution in [0.25, 0.3) is 11.3 Å². The van der Waals surface area contributed by atoms with E-state index in [1.807, 2.05) is 18.2 Å². The summed E-state index contributed by atoms with van der Waals surface area (Å²) in [5.74, 6) is 0.190. The highest BCUT2D eigenvalue weighted by Crippen LogP contribution is 2.32. The molecule has 0 aliphatic rings. The van der Waals surface area contributed by atoms with E-state index >= 15 is 0 Å². The van der Waals surface area contributed by atoms with Crippen LogP contribution in [0.2, 0.25) is 0 Å². The first-order chi connectivity index (χ1) is 9.02. The van der Waals surface area contributed by atoms with Crippen molar-refractivity contribution in [1.82, 2.24) is 4.98 Å². The predicted octanol–water partition coefficient (Wildman–Crippen LogP) is 3.51. The van der Waals surface area contributed by atoms with Gasteiger partial charge in [0.25, 0.3) is 0 Å². The van der Waals surface area contributed by atoms with Gasteiger partial charge in [0.2, 0.25) is 0 Å². The van der Waals surface area contributed by atoms with E-state index in [0.717, 1.165) is 17.0 Å². The van der Waals surface area contributed by atoms with Crippen molar-refractivity contribution in [3.8, 4) is 17.0 Å². The molecular weight excluding hydrogens is 242 g/mol. The van der Waals surface area contributed by atoms with Gasteiger partial charge in [-0.1, -0.05) is 19.9 Å². The van der Waals surface area contributed by atoms with E-state index in [-0.39, 0.29) is 5.69 Å². The Bertz CT molecular complexity index is 599. The van der Waals surface area contributed by atoms with Crippen LogP contribution in [0.3, 0.4) is 0 Å². The Kier molecular flexibility index (Phi) is 3.60. The van der Waals surface area contributed by atoms with Gasteiger partial charge in [0, 0.05) is 11.3 Å². The second kappa shape index (κ2) is 5.18. The summed E-state index contributed by atoms with van der Waals surface area (Å²) in [4.78, 5) is 13.8. The number of aromatic nitrogens is 1. The van der Waals surface area contributed by atoms with Crippen LogP contribution in [0.1, 0.15) is 35.8 Å². The number of rotatable bonds is 4. The molecule has 100 valence electrons. The van der Waals surface area contributed by atoms with Crippen LogP contribution < -0.4 is 4.74 Å². The first kappa shape index (κ1) is 13.2. The number of hydrogen-bond acceptors (Lipinski definition) is 2. The average molecular weight is 259 g/mol. The Morgan fingerprint density at radius 3 is 2.53 bits per heavy atom. The lowest BCUT2D eigenvalue weighted by Crippen LogP contribution is -1.96. The molecule has 1 aromatic carbocycles. The summed E-state index contributed by atoms with van der Waals surface area (Å²) < 4.78 is 5.39. The molecule has 0 unspecified atom stereocenters. The summed E-state index contributed by atoms with van der Waals surface area (Å²) in [6, 6.07) is 9.26. The summed E-state index contributed by atoms with van der Waals surface area (Å²) in [6.07, 6.45) is 0. The Hall–Kier alpha value is -2.23. The lowest BCUT2D eigenvalue weighted by atomic mass is 10.00. The molecule has 4 nitrogen and oxygen atoms in total. The van der Waals surface area contributed by atoms with Gasteiger partial charge >= 0.3 is 5.97 Å². The molecule has 0 aliphatic heterocycles. The number of aromatic carboxylic acids is 1. The molecule has 0 saturated heterocycles. The molecule has 0 bridgehead atoms. The number of H-pyrrole nitrogens is 1. The van der Waals surface area contributed by atoms with Gasteiger partial charge in [0.15, 0.2) is 0 Å². The minimum atomic E-state index is -0.969. The van der Waals surface area contributed by atoms with Gasteiger partial charge in [-0.3, -0.25) is 0 Å². The zero-order valence-corrected chi connectivity index (χ0v) is 11.2. The Morgan fingerprint density at radius 2 is 2.00 bits per heavy atom. The molecule has 2 N–H and O–H groups in total. The monoisotopic (exact) mass is 259 g/mol. The summed E-state index contributed by atoms with van der Waals surface area (Å²) in [7, 11) is 1.62. The molecule has 0 saturated carbocycles. The first-order valence-corrected chi connectivity index (χ1v) is 6.13. The van der Waals surface area contributed by atoms with Gasteiger partial charge < -0.3 is 14.8 Å². The van der Waals surface area contributed by atoms with Crippen LogP contribution in [0.15, 0.2) is 30.3 Å². The fraction of sp³-hybridized carbons (Fsp3) is 0.267. The third kappa shape index (κ3) is 2.62. The Morgan fingerprint density at radius 1 is 1.26 bits per heavy atom. The van der Waals surface area contributed by atoms with Crippen LogP contribution >= 0.6 is 0 Å². The summed E-state index contributed by atoms with van der Waals surface area (Å²) >= 11 is 0. The highest BCUT2D eigenvalue weighted by molar-refractivity contribution is 5.87. The smallest absolute Gasteiger partial charge is 0.352 e. The maximum Gasteiger partial charge on any atom is 0.352 e. The van der Waals surface area contributed by atoms with Gasteiger partial charge in [-0.2, -0.15) is 0 Å². The zero-order chi connectivity index (χ0) is 14.0. The van der Waals surface area contributed by atoms with E-state index < -0.39 is 5.97 Å². The maximum absolute atomic E-state index is 10.9. The van der Waals surface area contributed by atoms with Crippen LogP contribution in [-0.2, 0) is 0 Å². The third-order valence-corrected chi connectivity index (χ3v) is 3.10. The summed E-state index contributed by atoms with van der Waals surface area (Å²) in [5.41, 5.74) is 2.96. The standard InChI is InChI=1S/C15H17NO3/c1-9(2)10-4-5-11(14(8-10)19-3)12-6-7-13(16-12)15(17)18/h4-9,16H,1-3H3,(H,17,18). The zero-order valence-electron chi connectivity index (χ0n) is 11.2. The van der Waals surface area contributed by atoms with Crippen molar-refractivity contribution in [1.29, 1.82) is 0 Å². The third-order valence-electron chi connectivity index (χ3n) is 3.10. The van der Waals surface area contributed by atoms with Crippen molar-refractivity contribution in [3.05, 3.63) is 41.6 Å². The van der Waals surface area contributed by atoms with Crippen LogP contribution in [0.5, 0.6) is 5.75 Å². The van der Waals surface area contributed by atoms with Crippen LogP contribution in [-0.4, -0.2) is 23.2 Å². The van der Waals surface area contributed by atoms with E-state index in [1.54, 1.807) is 19.2 Å². The molecule has 0 fully saturated rings. The largest absolute Gasteiger partial charge is 0.496 e. The highest BCUT2D eigenvalue weighted by atomic mass is 16.5. The Balaban J connectivity index is 2.46. The SMILES string of the molecule is COc1cc(C(C)C)ccc1-c1ccc(C(=O)O)[nH]1. The number of carbonyl (C=O) groups is 1. The van der Waals surface area contributed by atoms with E-state index in [2.05, 4.69) is 18.8 Å². The van der Waals surface area contributed by atoms with Crippen molar-refractivity contribution in [3.63, 3.8) is 0 Å². The van der Waals surface area contributed by atoms with Crippen molar-refractivity contribution < 1.29 is 14.6 Å². The number of hydrogen-bond donors (Lipinski definition) is 2. The van der Waals surface area contributed by atoms with Crippen molar-refractivity contribution >= 4 is 5.97 Å². The first-order valence-electron chi connectivity index (χ1n) is 6.13. The molecule has 1 aromatic heterocycles. The number of aromatic amines is 1. The molecule has 4 heteroatoms. The van der Waals surface area contributed by atoms with Crippen LogP contribution in [0, 0.1) is 0 Å². The van der Waals surface area contributed by atoms with Crippen molar-refractivity contribution in [2.45, 2.75) is 19.8 Å². The van der Waals surface area contributed by atoms with Gasteiger partial charge in [0.05, 0.1) is 7.11 Å². The van der Waals surface area contributed by atoms with E-state index in [1.165, 1.54) is 5.56 Å². The van der Waals surface area contributed by atoms with E-state index in [4.69, 9.17) is 9.84 Å². The van der Waals surface area contributed by atoms with Gasteiger partial charge in [-0.15, -0.1) is 0 Å². The minimum Gasteiger partial charge on any atom is -0.496 e. The van der Waals surface area contributed by atoms with E-state index in [9.17, 15) is 4.79 Å². The van der Waals surface area contributed by atoms with E-state index in [0.29, 0.717) is 5.92 Å². The van der Waals surface area contributed by atoms with Gasteiger partial charge in [-0.05, 0) is 35.7 Å². The molecule has 0 atom stereocenters. The number of nitrogens with one attached hydrogen (secondary N) is 1. The van der Waals surface area contributed by atoms with Crippen LogP contribution in [0.4, 0.5) is 0 Å². The fourth-order valence-corrected chi connectivity index (χ4v) is 1.97. The van der Waals surface area contributed by atoms with Gasteiger partial charge in [-0.25, -0.2) is 4.79 Å². The normalized spacial score (nSPS) is 10.7. The minimum absolute atomic E-state index is 0.171.